The van der Waals surface area contributed by atoms with Gasteiger partial charge in [0.2, 0.25) is 10.0 Å². The van der Waals surface area contributed by atoms with Crippen molar-refractivity contribution in [3.8, 4) is 0 Å². The number of rotatable bonds is 4. The van der Waals surface area contributed by atoms with E-state index >= 15 is 0 Å². The van der Waals surface area contributed by atoms with E-state index in [1.54, 1.807) is 6.08 Å². The average Bonchev–Trinajstić information content (AvgIpc) is 2.40. The number of hydrogen-bond donors (Lipinski definition) is 2. The maximum absolute atomic E-state index is 12.0. The van der Waals surface area contributed by atoms with Crippen LogP contribution >= 0.6 is 0 Å². The van der Waals surface area contributed by atoms with Crippen LogP contribution in [-0.2, 0) is 10.0 Å². The molecule has 1 aromatic carbocycles. The van der Waals surface area contributed by atoms with Crippen molar-refractivity contribution >= 4 is 16.1 Å². The van der Waals surface area contributed by atoms with Crippen molar-refractivity contribution in [1.29, 1.82) is 0 Å². The first kappa shape index (κ1) is 14.2. The summed E-state index contributed by atoms with van der Waals surface area (Å²) in [4.78, 5) is 0. The second-order valence-electron chi connectivity index (χ2n) is 4.93. The van der Waals surface area contributed by atoms with Crippen LogP contribution in [0.25, 0.3) is 6.08 Å². The van der Waals surface area contributed by atoms with Gasteiger partial charge in [0.05, 0.1) is 0 Å². The van der Waals surface area contributed by atoms with Crippen LogP contribution < -0.4 is 10.5 Å². The van der Waals surface area contributed by atoms with Crippen LogP contribution in [0.4, 0.5) is 0 Å². The number of sulfonamides is 1. The monoisotopic (exact) mass is 280 g/mol. The van der Waals surface area contributed by atoms with Crippen molar-refractivity contribution in [2.24, 2.45) is 5.73 Å². The van der Waals surface area contributed by atoms with Crippen molar-refractivity contribution in [2.45, 2.75) is 37.8 Å². The lowest BCUT2D eigenvalue weighted by Gasteiger charge is -2.28. The molecule has 0 spiro atoms. The zero-order valence-electron chi connectivity index (χ0n) is 10.8. The molecule has 0 bridgehead atoms. The van der Waals surface area contributed by atoms with Gasteiger partial charge < -0.3 is 5.73 Å². The minimum Gasteiger partial charge on any atom is -0.326 e. The van der Waals surface area contributed by atoms with Gasteiger partial charge in [0.1, 0.15) is 0 Å². The second kappa shape index (κ2) is 6.32. The number of benzene rings is 1. The quantitative estimate of drug-likeness (QED) is 0.884. The molecule has 0 aliphatic heterocycles. The van der Waals surface area contributed by atoms with Gasteiger partial charge in [-0.1, -0.05) is 43.2 Å². The van der Waals surface area contributed by atoms with E-state index in [0.717, 1.165) is 31.2 Å². The predicted molar refractivity (Wildman–Crippen MR) is 77.8 cm³/mol. The van der Waals surface area contributed by atoms with Crippen LogP contribution in [0, 0.1) is 0 Å². The molecule has 2 atom stereocenters. The smallest absolute Gasteiger partial charge is 0.234 e. The van der Waals surface area contributed by atoms with E-state index in [4.69, 9.17) is 5.73 Å². The third-order valence-electron chi connectivity index (χ3n) is 3.37. The van der Waals surface area contributed by atoms with Gasteiger partial charge in [0.15, 0.2) is 0 Å². The van der Waals surface area contributed by atoms with E-state index in [2.05, 4.69) is 4.72 Å². The Morgan fingerprint density at radius 3 is 2.53 bits per heavy atom. The van der Waals surface area contributed by atoms with Crippen LogP contribution in [0.3, 0.4) is 0 Å². The van der Waals surface area contributed by atoms with Crippen molar-refractivity contribution in [1.82, 2.24) is 4.72 Å². The Morgan fingerprint density at radius 1 is 1.16 bits per heavy atom. The van der Waals surface area contributed by atoms with E-state index in [9.17, 15) is 8.42 Å². The Kier molecular flexibility index (Phi) is 4.74. The zero-order chi connectivity index (χ0) is 13.7. The van der Waals surface area contributed by atoms with Gasteiger partial charge in [0.25, 0.3) is 0 Å². The van der Waals surface area contributed by atoms with E-state index in [1.165, 1.54) is 5.41 Å². The Hall–Kier alpha value is -1.17. The highest BCUT2D eigenvalue weighted by atomic mass is 32.2. The highest BCUT2D eigenvalue weighted by molar-refractivity contribution is 7.92. The summed E-state index contributed by atoms with van der Waals surface area (Å²) in [6.45, 7) is 0. The normalized spacial score (nSPS) is 24.7. The van der Waals surface area contributed by atoms with E-state index in [-0.39, 0.29) is 12.1 Å². The first-order valence-corrected chi connectivity index (χ1v) is 8.12. The van der Waals surface area contributed by atoms with Gasteiger partial charge in [-0.2, -0.15) is 0 Å². The van der Waals surface area contributed by atoms with Gasteiger partial charge in [-0.25, -0.2) is 13.1 Å². The van der Waals surface area contributed by atoms with Crippen LogP contribution in [0.15, 0.2) is 35.7 Å². The van der Waals surface area contributed by atoms with Crippen LogP contribution in [-0.4, -0.2) is 20.5 Å². The molecular formula is C14H20N2O2S. The highest BCUT2D eigenvalue weighted by Gasteiger charge is 2.24. The fourth-order valence-corrected chi connectivity index (χ4v) is 3.42. The second-order valence-corrected chi connectivity index (χ2v) is 6.53. The summed E-state index contributed by atoms with van der Waals surface area (Å²) in [5.41, 5.74) is 6.80. The standard InChI is InChI=1S/C14H20N2O2S/c15-13-8-4-5-9-14(13)16-19(17,18)11-10-12-6-2-1-3-7-12/h1-3,6-7,10-11,13-14,16H,4-5,8-9,15H2/b11-10+/t13-,14-/m1/s1. The first-order valence-electron chi connectivity index (χ1n) is 6.58. The fraction of sp³-hybridized carbons (Fsp3) is 0.429. The fourth-order valence-electron chi connectivity index (χ4n) is 2.29. The molecule has 19 heavy (non-hydrogen) atoms. The summed E-state index contributed by atoms with van der Waals surface area (Å²) in [5.74, 6) is 0. The molecule has 1 aliphatic rings. The topological polar surface area (TPSA) is 72.2 Å². The molecule has 2 rings (SSSR count). The summed E-state index contributed by atoms with van der Waals surface area (Å²) in [6, 6.07) is 9.14. The number of nitrogens with one attached hydrogen (secondary N) is 1. The average molecular weight is 280 g/mol. The molecule has 104 valence electrons. The third-order valence-corrected chi connectivity index (χ3v) is 4.50. The molecule has 0 aromatic heterocycles. The highest BCUT2D eigenvalue weighted by Crippen LogP contribution is 2.17. The van der Waals surface area contributed by atoms with Gasteiger partial charge >= 0.3 is 0 Å². The molecule has 0 heterocycles. The minimum absolute atomic E-state index is 0.0753. The molecule has 1 fully saturated rings. The Labute approximate surface area is 114 Å². The third kappa shape index (κ3) is 4.45. The molecular weight excluding hydrogens is 260 g/mol. The lowest BCUT2D eigenvalue weighted by Crippen LogP contribution is -2.48. The maximum atomic E-state index is 12.0. The van der Waals surface area contributed by atoms with E-state index in [1.807, 2.05) is 30.3 Å². The zero-order valence-corrected chi connectivity index (χ0v) is 11.6. The van der Waals surface area contributed by atoms with Crippen molar-refractivity contribution < 1.29 is 8.42 Å². The summed E-state index contributed by atoms with van der Waals surface area (Å²) in [7, 11) is -3.42. The molecule has 4 nitrogen and oxygen atoms in total. The van der Waals surface area contributed by atoms with Gasteiger partial charge in [-0.05, 0) is 24.5 Å². The van der Waals surface area contributed by atoms with Crippen LogP contribution in [0.2, 0.25) is 0 Å². The van der Waals surface area contributed by atoms with Crippen molar-refractivity contribution in [3.05, 3.63) is 41.3 Å². The summed E-state index contributed by atoms with van der Waals surface area (Å²) in [5, 5.41) is 1.21. The maximum Gasteiger partial charge on any atom is 0.234 e. The molecule has 1 aromatic rings. The number of hydrogen-bond acceptors (Lipinski definition) is 3. The molecule has 3 N–H and O–H groups in total. The molecule has 0 unspecified atom stereocenters. The van der Waals surface area contributed by atoms with Crippen molar-refractivity contribution in [3.63, 3.8) is 0 Å². The lowest BCUT2D eigenvalue weighted by molar-refractivity contribution is 0.362. The summed E-state index contributed by atoms with van der Waals surface area (Å²) < 4.78 is 26.6. The first-order chi connectivity index (χ1) is 9.07. The van der Waals surface area contributed by atoms with Gasteiger partial charge in [0, 0.05) is 17.5 Å². The molecule has 0 radical (unpaired) electrons. The van der Waals surface area contributed by atoms with Crippen molar-refractivity contribution in [2.75, 3.05) is 0 Å². The van der Waals surface area contributed by atoms with E-state index in [0.29, 0.717) is 0 Å². The molecule has 0 saturated heterocycles. The summed E-state index contributed by atoms with van der Waals surface area (Å²) >= 11 is 0. The van der Waals surface area contributed by atoms with Gasteiger partial charge in [-0.3, -0.25) is 0 Å². The lowest BCUT2D eigenvalue weighted by atomic mass is 9.92. The minimum atomic E-state index is -3.42. The molecule has 5 heteroatoms. The molecule has 1 aliphatic carbocycles. The molecule has 0 amide bonds. The molecule has 1 saturated carbocycles. The predicted octanol–water partition coefficient (Wildman–Crippen LogP) is 1.85. The Morgan fingerprint density at radius 2 is 1.84 bits per heavy atom. The van der Waals surface area contributed by atoms with Crippen LogP contribution in [0.5, 0.6) is 0 Å². The van der Waals surface area contributed by atoms with Gasteiger partial charge in [-0.15, -0.1) is 0 Å². The Balaban J connectivity index is 2.00. The number of nitrogens with two attached hydrogens (primary N) is 1. The van der Waals surface area contributed by atoms with E-state index < -0.39 is 10.0 Å². The van der Waals surface area contributed by atoms with Crippen LogP contribution in [0.1, 0.15) is 31.2 Å². The summed E-state index contributed by atoms with van der Waals surface area (Å²) in [6.07, 6.45) is 5.41. The SMILES string of the molecule is N[C@@H]1CCCC[C@H]1NS(=O)(=O)/C=C/c1ccccc1. The largest absolute Gasteiger partial charge is 0.326 e. The Bertz CT molecular complexity index is 526.